The Labute approximate surface area is 107 Å². The maximum atomic E-state index is 12.3. The zero-order valence-corrected chi connectivity index (χ0v) is 9.90. The third-order valence-corrected chi connectivity index (χ3v) is 2.37. The summed E-state index contributed by atoms with van der Waals surface area (Å²) >= 11 is 0. The monoisotopic (exact) mass is 269 g/mol. The van der Waals surface area contributed by atoms with Crippen LogP contribution in [0.5, 0.6) is 11.5 Å². The first-order valence-corrected chi connectivity index (χ1v) is 5.37. The zero-order chi connectivity index (χ0) is 14.0. The predicted molar refractivity (Wildman–Crippen MR) is 62.8 cm³/mol. The van der Waals surface area contributed by atoms with Gasteiger partial charge in [0.2, 0.25) is 0 Å². The average molecular weight is 269 g/mol. The number of benzene rings is 1. The highest BCUT2D eigenvalue weighted by molar-refractivity contribution is 5.72. The van der Waals surface area contributed by atoms with Crippen LogP contribution in [0.25, 0.3) is 11.3 Å². The van der Waals surface area contributed by atoms with Crippen molar-refractivity contribution in [1.82, 2.24) is 4.98 Å². The number of halogens is 3. The third-order valence-electron chi connectivity index (χ3n) is 2.37. The highest BCUT2D eigenvalue weighted by Gasteiger charge is 2.32. The predicted octanol–water partition coefficient (Wildman–Crippen LogP) is 3.66. The van der Waals surface area contributed by atoms with E-state index in [0.717, 1.165) is 0 Å². The fraction of sp³-hybridized carbons (Fsp3) is 0.154. The van der Waals surface area contributed by atoms with Crippen LogP contribution in [0.2, 0.25) is 0 Å². The van der Waals surface area contributed by atoms with E-state index in [4.69, 9.17) is 0 Å². The summed E-state index contributed by atoms with van der Waals surface area (Å²) in [4.78, 5) is 3.94. The fourth-order valence-electron chi connectivity index (χ4n) is 1.64. The van der Waals surface area contributed by atoms with Crippen molar-refractivity contribution in [2.75, 3.05) is 0 Å². The largest absolute Gasteiger partial charge is 0.573 e. The number of aromatic nitrogens is 1. The molecule has 0 atom stereocenters. The van der Waals surface area contributed by atoms with Crippen LogP contribution in [0, 0.1) is 6.92 Å². The number of aromatic hydroxyl groups is 1. The molecule has 2 aromatic rings. The summed E-state index contributed by atoms with van der Waals surface area (Å²) in [7, 11) is 0. The SMILES string of the molecule is Cc1cnc(-c2ccccc2OC(F)(F)F)c(O)c1. The van der Waals surface area contributed by atoms with E-state index in [1.165, 1.54) is 30.5 Å². The lowest BCUT2D eigenvalue weighted by molar-refractivity contribution is -0.274. The lowest BCUT2D eigenvalue weighted by atomic mass is 10.1. The Morgan fingerprint density at radius 1 is 1.21 bits per heavy atom. The molecule has 6 heteroatoms. The van der Waals surface area contributed by atoms with E-state index in [2.05, 4.69) is 9.72 Å². The van der Waals surface area contributed by atoms with Crippen LogP contribution in [-0.4, -0.2) is 16.5 Å². The van der Waals surface area contributed by atoms with E-state index < -0.39 is 12.1 Å². The van der Waals surface area contributed by atoms with Crippen LogP contribution in [0.15, 0.2) is 36.5 Å². The van der Waals surface area contributed by atoms with Crippen LogP contribution >= 0.6 is 0 Å². The first-order valence-electron chi connectivity index (χ1n) is 5.37. The molecule has 19 heavy (non-hydrogen) atoms. The molecule has 1 N–H and O–H groups in total. The smallest absolute Gasteiger partial charge is 0.506 e. The molecule has 0 fully saturated rings. The van der Waals surface area contributed by atoms with Crippen molar-refractivity contribution in [3.8, 4) is 22.8 Å². The molecule has 0 amide bonds. The van der Waals surface area contributed by atoms with Crippen LogP contribution in [-0.2, 0) is 0 Å². The van der Waals surface area contributed by atoms with Gasteiger partial charge in [0.05, 0.1) is 0 Å². The zero-order valence-electron chi connectivity index (χ0n) is 9.90. The van der Waals surface area contributed by atoms with E-state index in [0.29, 0.717) is 5.56 Å². The molecule has 0 bridgehead atoms. The first kappa shape index (κ1) is 13.2. The Kier molecular flexibility index (Phi) is 3.33. The highest BCUT2D eigenvalue weighted by Crippen LogP contribution is 2.36. The summed E-state index contributed by atoms with van der Waals surface area (Å²) in [6.45, 7) is 1.72. The second-order valence-corrected chi connectivity index (χ2v) is 3.92. The summed E-state index contributed by atoms with van der Waals surface area (Å²) in [6.07, 6.45) is -3.34. The maximum absolute atomic E-state index is 12.3. The number of nitrogens with zero attached hydrogens (tertiary/aromatic N) is 1. The van der Waals surface area contributed by atoms with E-state index in [1.807, 2.05) is 0 Å². The van der Waals surface area contributed by atoms with Crippen molar-refractivity contribution < 1.29 is 23.0 Å². The molecule has 0 unspecified atom stereocenters. The number of para-hydroxylation sites is 1. The minimum Gasteiger partial charge on any atom is -0.506 e. The van der Waals surface area contributed by atoms with Gasteiger partial charge in [-0.25, -0.2) is 0 Å². The van der Waals surface area contributed by atoms with Gasteiger partial charge in [0.25, 0.3) is 0 Å². The Morgan fingerprint density at radius 2 is 1.89 bits per heavy atom. The Hall–Kier alpha value is -2.24. The van der Waals surface area contributed by atoms with E-state index >= 15 is 0 Å². The maximum Gasteiger partial charge on any atom is 0.573 e. The van der Waals surface area contributed by atoms with Gasteiger partial charge in [-0.05, 0) is 30.7 Å². The Bertz CT molecular complexity index is 597. The summed E-state index contributed by atoms with van der Waals surface area (Å²) in [6, 6.07) is 6.95. The molecule has 0 saturated heterocycles. The molecule has 100 valence electrons. The van der Waals surface area contributed by atoms with Gasteiger partial charge in [-0.3, -0.25) is 4.98 Å². The van der Waals surface area contributed by atoms with Gasteiger partial charge in [-0.15, -0.1) is 13.2 Å². The van der Waals surface area contributed by atoms with Crippen molar-refractivity contribution in [3.63, 3.8) is 0 Å². The molecule has 3 nitrogen and oxygen atoms in total. The van der Waals surface area contributed by atoms with E-state index in [1.54, 1.807) is 13.0 Å². The molecule has 0 spiro atoms. The normalized spacial score (nSPS) is 11.4. The first-order chi connectivity index (χ1) is 8.87. The number of hydrogen-bond donors (Lipinski definition) is 1. The van der Waals surface area contributed by atoms with Gasteiger partial charge in [-0.2, -0.15) is 0 Å². The standard InChI is InChI=1S/C13H10F3NO2/c1-8-6-10(18)12(17-7-8)9-4-2-3-5-11(9)19-13(14,15)16/h2-7,18H,1H3. The number of rotatable bonds is 2. The fourth-order valence-corrected chi connectivity index (χ4v) is 1.64. The lowest BCUT2D eigenvalue weighted by Gasteiger charge is -2.13. The van der Waals surface area contributed by atoms with Crippen molar-refractivity contribution in [1.29, 1.82) is 0 Å². The van der Waals surface area contributed by atoms with Gasteiger partial charge >= 0.3 is 6.36 Å². The molecule has 0 saturated carbocycles. The van der Waals surface area contributed by atoms with E-state index in [9.17, 15) is 18.3 Å². The number of alkyl halides is 3. The second-order valence-electron chi connectivity index (χ2n) is 3.92. The minimum atomic E-state index is -4.80. The topological polar surface area (TPSA) is 42.4 Å². The average Bonchev–Trinajstić information content (AvgIpc) is 2.28. The Balaban J connectivity index is 2.50. The molecule has 1 heterocycles. The van der Waals surface area contributed by atoms with Crippen LogP contribution in [0.3, 0.4) is 0 Å². The molecule has 2 rings (SSSR count). The van der Waals surface area contributed by atoms with Crippen molar-refractivity contribution in [3.05, 3.63) is 42.1 Å². The molecular formula is C13H10F3NO2. The summed E-state index contributed by atoms with van der Waals surface area (Å²) in [5.74, 6) is -0.597. The molecule has 0 radical (unpaired) electrons. The summed E-state index contributed by atoms with van der Waals surface area (Å²) < 4.78 is 40.8. The van der Waals surface area contributed by atoms with Gasteiger partial charge in [0, 0.05) is 11.8 Å². The summed E-state index contributed by atoms with van der Waals surface area (Å²) in [5, 5.41) is 9.77. The van der Waals surface area contributed by atoms with Gasteiger partial charge < -0.3 is 9.84 Å². The van der Waals surface area contributed by atoms with Crippen LogP contribution in [0.4, 0.5) is 13.2 Å². The number of hydrogen-bond acceptors (Lipinski definition) is 3. The number of pyridine rings is 1. The van der Waals surface area contributed by atoms with Crippen molar-refractivity contribution in [2.45, 2.75) is 13.3 Å². The molecule has 0 aliphatic rings. The van der Waals surface area contributed by atoms with E-state index in [-0.39, 0.29) is 17.0 Å². The molecule has 1 aromatic carbocycles. The van der Waals surface area contributed by atoms with Gasteiger partial charge in [-0.1, -0.05) is 12.1 Å². The Morgan fingerprint density at radius 3 is 2.53 bits per heavy atom. The van der Waals surface area contributed by atoms with Crippen molar-refractivity contribution in [2.24, 2.45) is 0 Å². The molecular weight excluding hydrogens is 259 g/mol. The lowest BCUT2D eigenvalue weighted by Crippen LogP contribution is -2.17. The highest BCUT2D eigenvalue weighted by atomic mass is 19.4. The van der Waals surface area contributed by atoms with Gasteiger partial charge in [0.15, 0.2) is 0 Å². The minimum absolute atomic E-state index is 0.0467. The molecule has 0 aliphatic carbocycles. The number of aryl methyl sites for hydroxylation is 1. The molecule has 1 aromatic heterocycles. The van der Waals surface area contributed by atoms with Crippen LogP contribution in [0.1, 0.15) is 5.56 Å². The third kappa shape index (κ3) is 3.15. The quantitative estimate of drug-likeness (QED) is 0.904. The van der Waals surface area contributed by atoms with Crippen LogP contribution < -0.4 is 4.74 Å². The van der Waals surface area contributed by atoms with Crippen molar-refractivity contribution >= 4 is 0 Å². The molecule has 0 aliphatic heterocycles. The number of ether oxygens (including phenoxy) is 1. The van der Waals surface area contributed by atoms with Gasteiger partial charge in [0.1, 0.15) is 17.2 Å². The summed E-state index contributed by atoms with van der Waals surface area (Å²) in [5.41, 5.74) is 0.832. The second kappa shape index (κ2) is 4.79.